The minimum atomic E-state index is -0.0765. The molecular weight excluding hydrogens is 234 g/mol. The first kappa shape index (κ1) is 13.8. The molecule has 1 aromatic rings. The van der Waals surface area contributed by atoms with Crippen molar-refractivity contribution in [2.24, 2.45) is 10.9 Å². The van der Waals surface area contributed by atoms with Crippen LogP contribution in [0.1, 0.15) is 25.3 Å². The third-order valence-electron chi connectivity index (χ3n) is 2.36. The maximum Gasteiger partial charge on any atom is 0.224 e. The summed E-state index contributed by atoms with van der Waals surface area (Å²) in [5.41, 5.74) is 6.55. The van der Waals surface area contributed by atoms with E-state index in [0.29, 0.717) is 23.4 Å². The lowest BCUT2D eigenvalue weighted by Crippen LogP contribution is -2.15. The summed E-state index contributed by atoms with van der Waals surface area (Å²) in [6.07, 6.45) is 1.22. The summed E-state index contributed by atoms with van der Waals surface area (Å²) in [6, 6.07) is 4.88. The van der Waals surface area contributed by atoms with Gasteiger partial charge in [-0.25, -0.2) is 0 Å². The highest BCUT2D eigenvalue weighted by Gasteiger charge is 2.09. The second-order valence-electron chi connectivity index (χ2n) is 3.70. The van der Waals surface area contributed by atoms with E-state index in [1.807, 2.05) is 6.92 Å². The van der Waals surface area contributed by atoms with Crippen LogP contribution in [0.25, 0.3) is 0 Å². The van der Waals surface area contributed by atoms with Gasteiger partial charge >= 0.3 is 0 Å². The predicted octanol–water partition coefficient (Wildman–Crippen LogP) is 1.53. The number of rotatable bonds is 5. The molecule has 0 aliphatic carbocycles. The van der Waals surface area contributed by atoms with Crippen molar-refractivity contribution in [1.82, 2.24) is 0 Å². The number of anilines is 1. The van der Waals surface area contributed by atoms with Crippen molar-refractivity contribution in [2.45, 2.75) is 19.8 Å². The summed E-state index contributed by atoms with van der Waals surface area (Å²) in [4.78, 5) is 11.5. The summed E-state index contributed by atoms with van der Waals surface area (Å²) in [5.74, 6) is 0.371. The normalized spacial score (nSPS) is 11.1. The molecule has 98 valence electrons. The van der Waals surface area contributed by atoms with E-state index < -0.39 is 0 Å². The van der Waals surface area contributed by atoms with E-state index in [1.165, 1.54) is 7.11 Å². The first-order valence-electron chi connectivity index (χ1n) is 5.58. The molecule has 0 aliphatic heterocycles. The Hall–Kier alpha value is -2.24. The van der Waals surface area contributed by atoms with E-state index in [4.69, 9.17) is 15.7 Å². The summed E-state index contributed by atoms with van der Waals surface area (Å²) in [6.45, 7) is 1.93. The van der Waals surface area contributed by atoms with Gasteiger partial charge in [-0.3, -0.25) is 4.79 Å². The van der Waals surface area contributed by atoms with E-state index in [2.05, 4.69) is 10.5 Å². The number of amides is 1. The number of nitrogens with zero attached hydrogens (tertiary/aromatic N) is 1. The van der Waals surface area contributed by atoms with Crippen LogP contribution in [-0.2, 0) is 4.79 Å². The summed E-state index contributed by atoms with van der Waals surface area (Å²) < 4.78 is 5.15. The Morgan fingerprint density at radius 3 is 2.83 bits per heavy atom. The van der Waals surface area contributed by atoms with E-state index in [9.17, 15) is 4.79 Å². The van der Waals surface area contributed by atoms with Gasteiger partial charge in [-0.1, -0.05) is 12.1 Å². The third kappa shape index (κ3) is 3.38. The molecular formula is C12H17N3O3. The summed E-state index contributed by atoms with van der Waals surface area (Å²) in [5, 5.41) is 14.2. The summed E-state index contributed by atoms with van der Waals surface area (Å²) in [7, 11) is 1.49. The predicted molar refractivity (Wildman–Crippen MR) is 69.0 cm³/mol. The van der Waals surface area contributed by atoms with Crippen molar-refractivity contribution >= 4 is 17.4 Å². The van der Waals surface area contributed by atoms with E-state index in [0.717, 1.165) is 6.42 Å². The fourth-order valence-electron chi connectivity index (χ4n) is 1.45. The smallest absolute Gasteiger partial charge is 0.224 e. The molecule has 18 heavy (non-hydrogen) atoms. The van der Waals surface area contributed by atoms with E-state index in [1.54, 1.807) is 18.2 Å². The zero-order valence-electron chi connectivity index (χ0n) is 10.4. The molecule has 1 amide bonds. The lowest BCUT2D eigenvalue weighted by Gasteiger charge is -2.11. The van der Waals surface area contributed by atoms with Crippen LogP contribution < -0.4 is 15.8 Å². The van der Waals surface area contributed by atoms with Crippen molar-refractivity contribution in [2.75, 3.05) is 12.4 Å². The molecule has 1 aromatic carbocycles. The lowest BCUT2D eigenvalue weighted by atomic mass is 10.1. The fraction of sp³-hybridized carbons (Fsp3) is 0.333. The molecule has 1 rings (SSSR count). The monoisotopic (exact) mass is 251 g/mol. The van der Waals surface area contributed by atoms with Crippen LogP contribution >= 0.6 is 0 Å². The average molecular weight is 251 g/mol. The lowest BCUT2D eigenvalue weighted by molar-refractivity contribution is -0.116. The van der Waals surface area contributed by atoms with Gasteiger partial charge in [0, 0.05) is 12.0 Å². The Balaban J connectivity index is 2.97. The standard InChI is InChI=1S/C12H17N3O3/c1-3-4-11(16)14-9-6-5-8(12(13)15-17)7-10(9)18-2/h5-7,17H,3-4H2,1-2H3,(H2,13,15)(H,14,16). The van der Waals surface area contributed by atoms with Crippen LogP contribution in [0.5, 0.6) is 5.75 Å². The quantitative estimate of drug-likeness (QED) is 0.320. The van der Waals surface area contributed by atoms with Crippen molar-refractivity contribution in [3.8, 4) is 5.75 Å². The number of carbonyl (C=O) groups excluding carboxylic acids is 1. The minimum Gasteiger partial charge on any atom is -0.495 e. The molecule has 0 atom stereocenters. The van der Waals surface area contributed by atoms with Gasteiger partial charge in [0.15, 0.2) is 5.84 Å². The molecule has 0 bridgehead atoms. The Bertz CT molecular complexity index is 458. The van der Waals surface area contributed by atoms with Gasteiger partial charge in [0.05, 0.1) is 12.8 Å². The third-order valence-corrected chi connectivity index (χ3v) is 2.36. The Morgan fingerprint density at radius 2 is 2.28 bits per heavy atom. The molecule has 0 spiro atoms. The first-order chi connectivity index (χ1) is 8.62. The molecule has 6 nitrogen and oxygen atoms in total. The van der Waals surface area contributed by atoms with Crippen molar-refractivity contribution in [3.63, 3.8) is 0 Å². The van der Waals surface area contributed by atoms with E-state index >= 15 is 0 Å². The Morgan fingerprint density at radius 1 is 1.56 bits per heavy atom. The molecule has 0 aromatic heterocycles. The highest BCUT2D eigenvalue weighted by Crippen LogP contribution is 2.25. The zero-order valence-corrected chi connectivity index (χ0v) is 10.4. The number of amidine groups is 1. The highest BCUT2D eigenvalue weighted by atomic mass is 16.5. The molecule has 0 heterocycles. The van der Waals surface area contributed by atoms with E-state index in [-0.39, 0.29) is 11.7 Å². The molecule has 0 saturated heterocycles. The number of carbonyl (C=O) groups is 1. The largest absolute Gasteiger partial charge is 0.495 e. The molecule has 0 aliphatic rings. The fourth-order valence-corrected chi connectivity index (χ4v) is 1.45. The molecule has 0 fully saturated rings. The van der Waals surface area contributed by atoms with Crippen LogP contribution in [0.15, 0.2) is 23.4 Å². The molecule has 0 saturated carbocycles. The van der Waals surface area contributed by atoms with Crippen LogP contribution in [0, 0.1) is 0 Å². The second-order valence-corrected chi connectivity index (χ2v) is 3.70. The Labute approximate surface area is 105 Å². The van der Waals surface area contributed by atoms with Crippen LogP contribution in [-0.4, -0.2) is 24.1 Å². The van der Waals surface area contributed by atoms with Gasteiger partial charge in [0.25, 0.3) is 0 Å². The van der Waals surface area contributed by atoms with Gasteiger partial charge in [-0.05, 0) is 24.6 Å². The van der Waals surface area contributed by atoms with Crippen molar-refractivity contribution in [3.05, 3.63) is 23.8 Å². The SMILES string of the molecule is CCCC(=O)Nc1ccc(/C(N)=N/O)cc1OC. The van der Waals surface area contributed by atoms with Crippen molar-refractivity contribution in [1.29, 1.82) is 0 Å². The van der Waals surface area contributed by atoms with Gasteiger partial charge in [-0.2, -0.15) is 0 Å². The average Bonchev–Trinajstić information content (AvgIpc) is 2.38. The molecule has 0 unspecified atom stereocenters. The maximum absolute atomic E-state index is 11.5. The van der Waals surface area contributed by atoms with Crippen LogP contribution in [0.2, 0.25) is 0 Å². The highest BCUT2D eigenvalue weighted by molar-refractivity contribution is 5.99. The number of hydrogen-bond donors (Lipinski definition) is 3. The molecule has 6 heteroatoms. The maximum atomic E-state index is 11.5. The summed E-state index contributed by atoms with van der Waals surface area (Å²) >= 11 is 0. The van der Waals surface area contributed by atoms with Crippen LogP contribution in [0.4, 0.5) is 5.69 Å². The van der Waals surface area contributed by atoms with Gasteiger partial charge in [0.2, 0.25) is 5.91 Å². The number of oxime groups is 1. The number of ether oxygens (including phenoxy) is 1. The van der Waals surface area contributed by atoms with Gasteiger partial charge in [-0.15, -0.1) is 0 Å². The minimum absolute atomic E-state index is 0.0141. The van der Waals surface area contributed by atoms with Crippen LogP contribution in [0.3, 0.4) is 0 Å². The van der Waals surface area contributed by atoms with Gasteiger partial charge in [0.1, 0.15) is 5.75 Å². The zero-order chi connectivity index (χ0) is 13.5. The number of benzene rings is 1. The number of methoxy groups -OCH3 is 1. The number of nitrogens with one attached hydrogen (secondary N) is 1. The first-order valence-corrected chi connectivity index (χ1v) is 5.58. The topological polar surface area (TPSA) is 96.9 Å². The Kier molecular flexibility index (Phi) is 4.98. The molecule has 0 radical (unpaired) electrons. The number of nitrogens with two attached hydrogens (primary N) is 1. The van der Waals surface area contributed by atoms with Gasteiger partial charge < -0.3 is 21.0 Å². The van der Waals surface area contributed by atoms with Crippen molar-refractivity contribution < 1.29 is 14.7 Å². The number of hydrogen-bond acceptors (Lipinski definition) is 4. The second kappa shape index (κ2) is 6.48. The molecule has 4 N–H and O–H groups in total.